The van der Waals surface area contributed by atoms with Gasteiger partial charge in [-0.1, -0.05) is 44.2 Å². The fraction of sp³-hybridized carbons (Fsp3) is 0.391. The molecule has 1 aliphatic heterocycles. The highest BCUT2D eigenvalue weighted by atomic mass is 32.2. The van der Waals surface area contributed by atoms with Gasteiger partial charge < -0.3 is 0 Å². The minimum atomic E-state index is -3.52. The van der Waals surface area contributed by atoms with Gasteiger partial charge in [-0.2, -0.15) is 9.40 Å². The van der Waals surface area contributed by atoms with E-state index >= 15 is 0 Å². The summed E-state index contributed by atoms with van der Waals surface area (Å²) in [5.41, 5.74) is 1.80. The predicted molar refractivity (Wildman–Crippen MR) is 122 cm³/mol. The molecule has 7 nitrogen and oxygen atoms in total. The van der Waals surface area contributed by atoms with E-state index in [0.717, 1.165) is 16.6 Å². The lowest BCUT2D eigenvalue weighted by molar-refractivity contribution is 0.143. The van der Waals surface area contributed by atoms with Crippen LogP contribution < -0.4 is 5.56 Å². The van der Waals surface area contributed by atoms with Crippen molar-refractivity contribution in [2.75, 3.05) is 26.2 Å². The molecule has 1 aromatic heterocycles. The zero-order chi connectivity index (χ0) is 22.2. The minimum Gasteiger partial charge on any atom is -0.282 e. The van der Waals surface area contributed by atoms with Gasteiger partial charge in [-0.25, -0.2) is 13.1 Å². The summed E-state index contributed by atoms with van der Waals surface area (Å²) in [6, 6.07) is 14.6. The first-order valence-corrected chi connectivity index (χ1v) is 12.0. The highest BCUT2D eigenvalue weighted by Gasteiger charge is 2.28. The monoisotopic (exact) mass is 440 g/mol. The Labute approximate surface area is 183 Å². The van der Waals surface area contributed by atoms with Crippen LogP contribution in [-0.2, 0) is 16.7 Å². The molecule has 0 atom stereocenters. The molecule has 0 spiro atoms. The van der Waals surface area contributed by atoms with Crippen molar-refractivity contribution >= 4 is 20.8 Å². The first-order valence-electron chi connectivity index (χ1n) is 10.6. The Hall–Kier alpha value is -2.55. The van der Waals surface area contributed by atoms with Crippen LogP contribution in [0.15, 0.2) is 58.2 Å². The van der Waals surface area contributed by atoms with E-state index in [-0.39, 0.29) is 5.56 Å². The van der Waals surface area contributed by atoms with Gasteiger partial charge in [0.15, 0.2) is 0 Å². The molecule has 164 valence electrons. The van der Waals surface area contributed by atoms with Gasteiger partial charge in [0.2, 0.25) is 10.0 Å². The average molecular weight is 441 g/mol. The second-order valence-corrected chi connectivity index (χ2v) is 10.3. The number of benzene rings is 2. The van der Waals surface area contributed by atoms with E-state index in [1.54, 1.807) is 12.1 Å². The van der Waals surface area contributed by atoms with Crippen molar-refractivity contribution in [1.29, 1.82) is 0 Å². The van der Waals surface area contributed by atoms with Crippen LogP contribution in [0.4, 0.5) is 0 Å². The third kappa shape index (κ3) is 4.28. The largest absolute Gasteiger partial charge is 0.282 e. The first kappa shape index (κ1) is 21.7. The summed E-state index contributed by atoms with van der Waals surface area (Å²) in [4.78, 5) is 15.2. The molecule has 8 heteroatoms. The van der Waals surface area contributed by atoms with E-state index in [0.29, 0.717) is 49.0 Å². The zero-order valence-corrected chi connectivity index (χ0v) is 19.0. The van der Waals surface area contributed by atoms with E-state index in [9.17, 15) is 13.2 Å². The Morgan fingerprint density at radius 3 is 2.16 bits per heavy atom. The maximum absolute atomic E-state index is 13.0. The molecule has 0 aliphatic carbocycles. The molecule has 0 N–H and O–H groups in total. The number of rotatable bonds is 5. The Bertz CT molecular complexity index is 1240. The Morgan fingerprint density at radius 1 is 0.935 bits per heavy atom. The average Bonchev–Trinajstić information content (AvgIpc) is 2.78. The second-order valence-electron chi connectivity index (χ2n) is 8.32. The van der Waals surface area contributed by atoms with Crippen LogP contribution in [0.25, 0.3) is 10.8 Å². The van der Waals surface area contributed by atoms with Gasteiger partial charge in [0.05, 0.1) is 22.6 Å². The lowest BCUT2D eigenvalue weighted by Gasteiger charge is -2.34. The first-order chi connectivity index (χ1) is 14.8. The molecule has 0 unspecified atom stereocenters. The highest BCUT2D eigenvalue weighted by Crippen LogP contribution is 2.21. The molecule has 31 heavy (non-hydrogen) atoms. The predicted octanol–water partition coefficient (Wildman–Crippen LogP) is 2.79. The molecule has 0 bridgehead atoms. The third-order valence-corrected chi connectivity index (χ3v) is 7.82. The van der Waals surface area contributed by atoms with E-state index in [2.05, 4.69) is 23.8 Å². The van der Waals surface area contributed by atoms with Crippen molar-refractivity contribution in [2.24, 2.45) is 0 Å². The summed E-state index contributed by atoms with van der Waals surface area (Å²) in [6.45, 7) is 8.27. The molecular weight excluding hydrogens is 412 g/mol. The fourth-order valence-electron chi connectivity index (χ4n) is 3.97. The summed E-state index contributed by atoms with van der Waals surface area (Å²) in [7, 11) is -3.52. The van der Waals surface area contributed by atoms with E-state index < -0.39 is 10.0 Å². The van der Waals surface area contributed by atoms with Gasteiger partial charge in [0, 0.05) is 31.6 Å². The summed E-state index contributed by atoms with van der Waals surface area (Å²) >= 11 is 0. The van der Waals surface area contributed by atoms with Crippen molar-refractivity contribution < 1.29 is 8.42 Å². The number of hydrogen-bond acceptors (Lipinski definition) is 5. The molecule has 3 aromatic rings. The van der Waals surface area contributed by atoms with Crippen LogP contribution in [-0.4, -0.2) is 53.6 Å². The summed E-state index contributed by atoms with van der Waals surface area (Å²) in [5.74, 6) is 0.357. The van der Waals surface area contributed by atoms with Crippen molar-refractivity contribution in [3.05, 3.63) is 70.1 Å². The molecule has 0 radical (unpaired) electrons. The maximum atomic E-state index is 13.0. The highest BCUT2D eigenvalue weighted by molar-refractivity contribution is 7.89. The number of nitrogens with zero attached hydrogens (tertiary/aromatic N) is 4. The molecular formula is C23H28N4O3S. The van der Waals surface area contributed by atoms with Gasteiger partial charge in [-0.05, 0) is 36.6 Å². The quantitative estimate of drug-likeness (QED) is 0.610. The van der Waals surface area contributed by atoms with Gasteiger partial charge in [-0.15, -0.1) is 0 Å². The lowest BCUT2D eigenvalue weighted by Crippen LogP contribution is -2.49. The number of hydrogen-bond donors (Lipinski definition) is 0. The van der Waals surface area contributed by atoms with Gasteiger partial charge in [0.25, 0.3) is 5.56 Å². The Morgan fingerprint density at radius 2 is 1.55 bits per heavy atom. The van der Waals surface area contributed by atoms with Gasteiger partial charge in [-0.3, -0.25) is 9.69 Å². The fourth-order valence-corrected chi connectivity index (χ4v) is 5.40. The van der Waals surface area contributed by atoms with Crippen LogP contribution in [0.2, 0.25) is 0 Å². The zero-order valence-electron chi connectivity index (χ0n) is 18.2. The number of fused-ring (bicyclic) bond motifs is 1. The van der Waals surface area contributed by atoms with Crippen LogP contribution in [0.3, 0.4) is 0 Å². The summed E-state index contributed by atoms with van der Waals surface area (Å²) in [6.07, 6.45) is 0. The number of sulfonamides is 1. The van der Waals surface area contributed by atoms with Gasteiger partial charge >= 0.3 is 0 Å². The maximum Gasteiger partial charge on any atom is 0.275 e. The van der Waals surface area contributed by atoms with Crippen LogP contribution in [0.5, 0.6) is 0 Å². The molecule has 4 rings (SSSR count). The molecule has 2 aromatic carbocycles. The third-order valence-electron chi connectivity index (χ3n) is 5.90. The van der Waals surface area contributed by atoms with Crippen molar-refractivity contribution in [2.45, 2.75) is 38.3 Å². The Balaban J connectivity index is 1.46. The lowest BCUT2D eigenvalue weighted by atomic mass is 10.0. The molecule has 1 saturated heterocycles. The standard InChI is InChI=1S/C23H28N4O3S/c1-17(2)19-8-10-20(11-9-19)31(29,30)26-14-12-25(13-15-26)16-27-23(28)22-7-5-4-6-21(22)18(3)24-27/h4-11,17H,12-16H2,1-3H3. The van der Waals surface area contributed by atoms with Crippen LogP contribution >= 0.6 is 0 Å². The summed E-state index contributed by atoms with van der Waals surface area (Å²) in [5, 5.41) is 5.98. The van der Waals surface area contributed by atoms with Crippen molar-refractivity contribution in [3.8, 4) is 0 Å². The summed E-state index contributed by atoms with van der Waals surface area (Å²) < 4.78 is 29.0. The molecule has 0 amide bonds. The topological polar surface area (TPSA) is 75.5 Å². The number of aryl methyl sites for hydroxylation is 1. The SMILES string of the molecule is Cc1nn(CN2CCN(S(=O)(=O)c3ccc(C(C)C)cc3)CC2)c(=O)c2ccccc12. The number of piperazine rings is 1. The van der Waals surface area contributed by atoms with Crippen molar-refractivity contribution in [1.82, 2.24) is 19.0 Å². The second kappa shape index (κ2) is 8.53. The Kier molecular flexibility index (Phi) is 5.96. The van der Waals surface area contributed by atoms with Crippen LogP contribution in [0, 0.1) is 6.92 Å². The smallest absolute Gasteiger partial charge is 0.275 e. The number of aromatic nitrogens is 2. The molecule has 1 fully saturated rings. The van der Waals surface area contributed by atoms with Crippen molar-refractivity contribution in [3.63, 3.8) is 0 Å². The molecule has 0 saturated carbocycles. The minimum absolute atomic E-state index is 0.124. The van der Waals surface area contributed by atoms with E-state index in [4.69, 9.17) is 0 Å². The normalized spacial score (nSPS) is 16.3. The van der Waals surface area contributed by atoms with Gasteiger partial charge in [0.1, 0.15) is 0 Å². The molecule has 2 heterocycles. The van der Waals surface area contributed by atoms with E-state index in [1.165, 1.54) is 8.99 Å². The van der Waals surface area contributed by atoms with Crippen LogP contribution in [0.1, 0.15) is 31.0 Å². The van der Waals surface area contributed by atoms with E-state index in [1.807, 2.05) is 43.3 Å². The molecule has 1 aliphatic rings.